The third kappa shape index (κ3) is 4.28. The van der Waals surface area contributed by atoms with E-state index in [0.29, 0.717) is 16.3 Å². The minimum atomic E-state index is -0.339. The van der Waals surface area contributed by atoms with Crippen LogP contribution in [0.1, 0.15) is 22.3 Å². The molecule has 2 amide bonds. The van der Waals surface area contributed by atoms with Crippen molar-refractivity contribution < 1.29 is 9.59 Å². The lowest BCUT2D eigenvalue weighted by Crippen LogP contribution is -2.33. The van der Waals surface area contributed by atoms with Crippen LogP contribution in [-0.2, 0) is 9.59 Å². The van der Waals surface area contributed by atoms with Crippen LogP contribution in [0.5, 0.6) is 0 Å². The summed E-state index contributed by atoms with van der Waals surface area (Å²) in [6.45, 7) is 7.89. The summed E-state index contributed by atoms with van der Waals surface area (Å²) in [5, 5.41) is 3.21. The molecule has 31 heavy (non-hydrogen) atoms. The number of amides is 2. The van der Waals surface area contributed by atoms with E-state index in [1.807, 2.05) is 94.4 Å². The molecule has 0 saturated heterocycles. The number of rotatable bonds is 5. The second-order valence-corrected chi connectivity index (χ2v) is 8.93. The van der Waals surface area contributed by atoms with Crippen molar-refractivity contribution in [2.45, 2.75) is 32.6 Å². The van der Waals surface area contributed by atoms with Gasteiger partial charge in [0.1, 0.15) is 10.6 Å². The highest BCUT2D eigenvalue weighted by atomic mass is 32.2. The molecule has 3 aromatic carbocycles. The molecule has 1 heterocycles. The minimum absolute atomic E-state index is 0.306. The first-order valence-electron chi connectivity index (χ1n) is 10.1. The Morgan fingerprint density at radius 3 is 1.94 bits per heavy atom. The van der Waals surface area contributed by atoms with Gasteiger partial charge in [-0.05, 0) is 69.2 Å². The molecule has 0 spiro atoms. The van der Waals surface area contributed by atoms with Crippen molar-refractivity contribution in [3.63, 3.8) is 0 Å². The summed E-state index contributed by atoms with van der Waals surface area (Å²) in [7, 11) is 0. The van der Waals surface area contributed by atoms with Crippen LogP contribution in [0.3, 0.4) is 0 Å². The van der Waals surface area contributed by atoms with Crippen LogP contribution in [0.15, 0.2) is 82.2 Å². The van der Waals surface area contributed by atoms with Gasteiger partial charge in [0.25, 0.3) is 11.8 Å². The zero-order valence-electron chi connectivity index (χ0n) is 18.0. The topological polar surface area (TPSA) is 49.4 Å². The van der Waals surface area contributed by atoms with Gasteiger partial charge in [-0.15, -0.1) is 0 Å². The summed E-state index contributed by atoms with van der Waals surface area (Å²) < 4.78 is 0. The number of hydrogen-bond acceptors (Lipinski definition) is 4. The number of carbonyl (C=O) groups excluding carboxylic acids is 2. The monoisotopic (exact) mass is 428 g/mol. The molecule has 1 N–H and O–H groups in total. The standard InChI is InChI=1S/C26H24N2O2S/c1-16-6-11-20(12-7-16)27-23-24(31-21-13-8-17(2)9-14-21)26(30)28(25(23)29)22-15-18(3)5-10-19(22)4/h5-15,27H,1-4H3. The molecule has 0 aromatic heterocycles. The highest BCUT2D eigenvalue weighted by molar-refractivity contribution is 8.04. The molecule has 0 unspecified atom stereocenters. The number of imide groups is 1. The lowest BCUT2D eigenvalue weighted by atomic mass is 10.1. The molecule has 0 bridgehead atoms. The number of nitrogens with one attached hydrogen (secondary N) is 1. The molecule has 3 aromatic rings. The lowest BCUT2D eigenvalue weighted by Gasteiger charge is -2.18. The minimum Gasteiger partial charge on any atom is -0.350 e. The van der Waals surface area contributed by atoms with Gasteiger partial charge in [0.15, 0.2) is 0 Å². The van der Waals surface area contributed by atoms with Crippen LogP contribution in [0.4, 0.5) is 11.4 Å². The lowest BCUT2D eigenvalue weighted by molar-refractivity contribution is -0.120. The number of benzene rings is 3. The maximum absolute atomic E-state index is 13.5. The molecule has 156 valence electrons. The van der Waals surface area contributed by atoms with Crippen molar-refractivity contribution >= 4 is 35.0 Å². The van der Waals surface area contributed by atoms with E-state index in [0.717, 1.165) is 32.8 Å². The Kier molecular flexibility index (Phi) is 5.70. The van der Waals surface area contributed by atoms with Crippen LogP contribution in [0.2, 0.25) is 0 Å². The Bertz CT molecular complexity index is 1130. The fourth-order valence-electron chi connectivity index (χ4n) is 3.40. The van der Waals surface area contributed by atoms with E-state index in [-0.39, 0.29) is 11.8 Å². The summed E-state index contributed by atoms with van der Waals surface area (Å²) in [5.41, 5.74) is 5.84. The van der Waals surface area contributed by atoms with Gasteiger partial charge in [0.05, 0.1) is 5.69 Å². The Morgan fingerprint density at radius 2 is 1.29 bits per heavy atom. The van der Waals surface area contributed by atoms with Crippen LogP contribution < -0.4 is 10.2 Å². The molecular formula is C26H24N2O2S. The molecule has 1 aliphatic rings. The van der Waals surface area contributed by atoms with E-state index >= 15 is 0 Å². The molecule has 4 rings (SSSR count). The van der Waals surface area contributed by atoms with E-state index in [1.54, 1.807) is 0 Å². The Labute approximate surface area is 187 Å². The second-order valence-electron chi connectivity index (χ2n) is 7.85. The molecule has 0 fully saturated rings. The molecule has 0 saturated carbocycles. The summed E-state index contributed by atoms with van der Waals surface area (Å²) in [6.07, 6.45) is 0. The SMILES string of the molecule is Cc1ccc(NC2=C(Sc3ccc(C)cc3)C(=O)N(c3cc(C)ccc3C)C2=O)cc1. The predicted octanol–water partition coefficient (Wildman–Crippen LogP) is 5.91. The van der Waals surface area contributed by atoms with Gasteiger partial charge in [-0.2, -0.15) is 0 Å². The van der Waals surface area contributed by atoms with E-state index in [1.165, 1.54) is 16.7 Å². The van der Waals surface area contributed by atoms with Crippen LogP contribution >= 0.6 is 11.8 Å². The smallest absolute Gasteiger partial charge is 0.283 e. The zero-order chi connectivity index (χ0) is 22.1. The van der Waals surface area contributed by atoms with Crippen LogP contribution in [-0.4, -0.2) is 11.8 Å². The Hall–Kier alpha value is -3.31. The molecule has 5 heteroatoms. The van der Waals surface area contributed by atoms with Crippen molar-refractivity contribution in [1.82, 2.24) is 0 Å². The first kappa shape index (κ1) is 20.9. The number of nitrogens with zero attached hydrogens (tertiary/aromatic N) is 1. The van der Waals surface area contributed by atoms with Crippen molar-refractivity contribution in [1.29, 1.82) is 0 Å². The average molecular weight is 429 g/mol. The van der Waals surface area contributed by atoms with E-state index in [9.17, 15) is 9.59 Å². The maximum Gasteiger partial charge on any atom is 0.283 e. The molecule has 1 aliphatic heterocycles. The van der Waals surface area contributed by atoms with E-state index in [4.69, 9.17) is 0 Å². The Morgan fingerprint density at radius 1 is 0.710 bits per heavy atom. The van der Waals surface area contributed by atoms with Crippen molar-refractivity contribution in [2.24, 2.45) is 0 Å². The average Bonchev–Trinajstić information content (AvgIpc) is 2.97. The normalized spacial score (nSPS) is 13.9. The van der Waals surface area contributed by atoms with Crippen molar-refractivity contribution in [2.75, 3.05) is 10.2 Å². The zero-order valence-corrected chi connectivity index (χ0v) is 18.8. The fourth-order valence-corrected chi connectivity index (χ4v) is 4.33. The van der Waals surface area contributed by atoms with Crippen LogP contribution in [0.25, 0.3) is 0 Å². The summed E-state index contributed by atoms with van der Waals surface area (Å²) in [4.78, 5) is 29.6. The van der Waals surface area contributed by atoms with Crippen molar-refractivity contribution in [3.8, 4) is 0 Å². The quantitative estimate of drug-likeness (QED) is 0.513. The first-order chi connectivity index (χ1) is 14.8. The van der Waals surface area contributed by atoms with Gasteiger partial charge in [0.2, 0.25) is 0 Å². The third-order valence-electron chi connectivity index (χ3n) is 5.21. The molecular weight excluding hydrogens is 404 g/mol. The molecule has 4 nitrogen and oxygen atoms in total. The first-order valence-corrected chi connectivity index (χ1v) is 10.9. The van der Waals surface area contributed by atoms with Gasteiger partial charge in [-0.25, -0.2) is 4.90 Å². The Balaban J connectivity index is 1.77. The van der Waals surface area contributed by atoms with Gasteiger partial charge in [0, 0.05) is 10.6 Å². The molecule has 0 atom stereocenters. The van der Waals surface area contributed by atoms with Gasteiger partial charge in [-0.1, -0.05) is 59.3 Å². The summed E-state index contributed by atoms with van der Waals surface area (Å²) in [5.74, 6) is -0.646. The number of aryl methyl sites for hydroxylation is 4. The molecule has 0 radical (unpaired) electrons. The fraction of sp³-hybridized carbons (Fsp3) is 0.154. The number of hydrogen-bond donors (Lipinski definition) is 1. The van der Waals surface area contributed by atoms with Gasteiger partial charge < -0.3 is 5.32 Å². The van der Waals surface area contributed by atoms with Crippen molar-refractivity contribution in [3.05, 3.63) is 99.6 Å². The van der Waals surface area contributed by atoms with E-state index < -0.39 is 0 Å². The largest absolute Gasteiger partial charge is 0.350 e. The number of anilines is 2. The van der Waals surface area contributed by atoms with Gasteiger partial charge >= 0.3 is 0 Å². The number of carbonyl (C=O) groups is 2. The predicted molar refractivity (Wildman–Crippen MR) is 127 cm³/mol. The highest BCUT2D eigenvalue weighted by Crippen LogP contribution is 2.39. The molecule has 0 aliphatic carbocycles. The highest BCUT2D eigenvalue weighted by Gasteiger charge is 2.40. The van der Waals surface area contributed by atoms with Gasteiger partial charge in [-0.3, -0.25) is 9.59 Å². The third-order valence-corrected chi connectivity index (χ3v) is 6.30. The van der Waals surface area contributed by atoms with E-state index in [2.05, 4.69) is 5.32 Å². The summed E-state index contributed by atoms with van der Waals surface area (Å²) >= 11 is 1.32. The van der Waals surface area contributed by atoms with Crippen LogP contribution in [0, 0.1) is 27.7 Å². The number of thioether (sulfide) groups is 1. The summed E-state index contributed by atoms with van der Waals surface area (Å²) in [6, 6.07) is 21.5. The second kappa shape index (κ2) is 8.44. The maximum atomic E-state index is 13.5.